The summed E-state index contributed by atoms with van der Waals surface area (Å²) in [4.78, 5) is 26.4. The van der Waals surface area contributed by atoms with Crippen LogP contribution in [0.3, 0.4) is 0 Å². The second-order valence-electron chi connectivity index (χ2n) is 5.71. The molecule has 0 aliphatic rings. The number of benzene rings is 2. The second kappa shape index (κ2) is 9.44. The normalized spacial score (nSPS) is 11.7. The smallest absolute Gasteiger partial charge is 0.416 e. The number of carbonyl (C=O) groups is 1. The van der Waals surface area contributed by atoms with Crippen LogP contribution in [0.1, 0.15) is 18.1 Å². The van der Waals surface area contributed by atoms with Crippen LogP contribution >= 0.6 is 11.6 Å². The number of oxime groups is 1. The molecule has 0 saturated carbocycles. The van der Waals surface area contributed by atoms with Crippen molar-refractivity contribution in [2.24, 2.45) is 5.16 Å². The van der Waals surface area contributed by atoms with E-state index in [0.717, 1.165) is 25.3 Å². The van der Waals surface area contributed by atoms with Crippen LogP contribution in [0.2, 0.25) is 5.02 Å². The van der Waals surface area contributed by atoms with Gasteiger partial charge in [0, 0.05) is 6.07 Å². The summed E-state index contributed by atoms with van der Waals surface area (Å²) in [6, 6.07) is 6.15. The van der Waals surface area contributed by atoms with Crippen molar-refractivity contribution in [3.8, 4) is 11.5 Å². The number of hydrogen-bond donors (Lipinski definition) is 0. The molecule has 0 N–H and O–H groups in total. The van der Waals surface area contributed by atoms with Gasteiger partial charge in [-0.2, -0.15) is 13.2 Å². The zero-order chi connectivity index (χ0) is 22.5. The molecular formula is C18H14ClF3N2O6. The maximum Gasteiger partial charge on any atom is 0.416 e. The van der Waals surface area contributed by atoms with Gasteiger partial charge in [0.05, 0.1) is 33.9 Å². The fraction of sp³-hybridized carbons (Fsp3) is 0.222. The largest absolute Gasteiger partial charge is 0.466 e. The first-order chi connectivity index (χ1) is 14.0. The van der Waals surface area contributed by atoms with E-state index in [1.165, 1.54) is 19.1 Å². The van der Waals surface area contributed by atoms with E-state index in [0.29, 0.717) is 6.07 Å². The van der Waals surface area contributed by atoms with Crippen molar-refractivity contribution < 1.29 is 37.2 Å². The number of alkyl halides is 3. The lowest BCUT2D eigenvalue weighted by Gasteiger charge is -2.12. The second-order valence-corrected chi connectivity index (χ2v) is 6.11. The fourth-order valence-electron chi connectivity index (χ4n) is 2.20. The van der Waals surface area contributed by atoms with Crippen molar-refractivity contribution in [2.75, 3.05) is 13.7 Å². The summed E-state index contributed by atoms with van der Waals surface area (Å²) in [6.07, 6.45) is -4.57. The maximum atomic E-state index is 12.7. The lowest BCUT2D eigenvalue weighted by molar-refractivity contribution is -0.385. The molecule has 0 radical (unpaired) electrons. The summed E-state index contributed by atoms with van der Waals surface area (Å²) in [5.74, 6) is -0.726. The first-order valence-corrected chi connectivity index (χ1v) is 8.47. The number of esters is 1. The van der Waals surface area contributed by atoms with E-state index in [-0.39, 0.29) is 33.5 Å². The molecule has 0 atom stereocenters. The highest BCUT2D eigenvalue weighted by Gasteiger charge is 2.31. The van der Waals surface area contributed by atoms with Gasteiger partial charge in [-0.15, -0.1) is 0 Å². The molecule has 160 valence electrons. The van der Waals surface area contributed by atoms with Crippen LogP contribution in [0.15, 0.2) is 41.6 Å². The van der Waals surface area contributed by atoms with Gasteiger partial charge in [-0.25, -0.2) is 4.79 Å². The zero-order valence-corrected chi connectivity index (χ0v) is 16.3. The van der Waals surface area contributed by atoms with E-state index in [4.69, 9.17) is 21.2 Å². The van der Waals surface area contributed by atoms with Gasteiger partial charge < -0.3 is 14.3 Å². The molecule has 0 aliphatic heterocycles. The Morgan fingerprint density at radius 2 is 1.93 bits per heavy atom. The minimum absolute atomic E-state index is 0.00500. The van der Waals surface area contributed by atoms with Crippen LogP contribution in [0.5, 0.6) is 11.5 Å². The Hall–Kier alpha value is -3.34. The first kappa shape index (κ1) is 22.9. The number of halogens is 4. The van der Waals surface area contributed by atoms with E-state index in [2.05, 4.69) is 9.89 Å². The molecule has 2 aromatic rings. The third-order valence-corrected chi connectivity index (χ3v) is 3.95. The quantitative estimate of drug-likeness (QED) is 0.257. The molecule has 30 heavy (non-hydrogen) atoms. The number of hydrogen-bond acceptors (Lipinski definition) is 7. The topological polar surface area (TPSA) is 100 Å². The van der Waals surface area contributed by atoms with Crippen molar-refractivity contribution >= 4 is 29.0 Å². The number of nitro benzene ring substituents is 1. The molecule has 0 amide bonds. The predicted octanol–water partition coefficient (Wildman–Crippen LogP) is 4.97. The third-order valence-electron chi connectivity index (χ3n) is 3.65. The van der Waals surface area contributed by atoms with E-state index < -0.39 is 29.2 Å². The number of methoxy groups -OCH3 is 1. The number of rotatable bonds is 7. The van der Waals surface area contributed by atoms with Gasteiger partial charge >= 0.3 is 12.1 Å². The number of nitrogens with zero attached hydrogens (tertiary/aromatic N) is 2. The summed E-state index contributed by atoms with van der Waals surface area (Å²) in [5, 5.41) is 14.6. The highest BCUT2D eigenvalue weighted by Crippen LogP contribution is 2.37. The van der Waals surface area contributed by atoms with Crippen molar-refractivity contribution in [3.63, 3.8) is 0 Å². The molecule has 0 unspecified atom stereocenters. The highest BCUT2D eigenvalue weighted by atomic mass is 35.5. The number of carbonyl (C=O) groups excluding carboxylic acids is 1. The van der Waals surface area contributed by atoms with Gasteiger partial charge in [0.2, 0.25) is 6.61 Å². The Morgan fingerprint density at radius 3 is 2.50 bits per heavy atom. The third kappa shape index (κ3) is 5.83. The number of ether oxygens (including phenoxy) is 2. The van der Waals surface area contributed by atoms with Gasteiger partial charge in [-0.1, -0.05) is 16.8 Å². The Balaban J connectivity index is 2.33. The van der Waals surface area contributed by atoms with E-state index in [1.807, 2.05) is 0 Å². The van der Waals surface area contributed by atoms with Gasteiger partial charge in [0.25, 0.3) is 5.69 Å². The van der Waals surface area contributed by atoms with Crippen molar-refractivity contribution in [2.45, 2.75) is 13.1 Å². The molecular weight excluding hydrogens is 433 g/mol. The van der Waals surface area contributed by atoms with Crippen molar-refractivity contribution in [1.29, 1.82) is 0 Å². The molecule has 0 aliphatic carbocycles. The minimum atomic E-state index is -4.57. The Morgan fingerprint density at radius 1 is 1.23 bits per heavy atom. The maximum absolute atomic E-state index is 12.7. The summed E-state index contributed by atoms with van der Waals surface area (Å²) in [7, 11) is 1.15. The summed E-state index contributed by atoms with van der Waals surface area (Å²) in [6.45, 7) is 0.896. The average Bonchev–Trinajstić information content (AvgIpc) is 2.68. The zero-order valence-electron chi connectivity index (χ0n) is 15.5. The molecule has 8 nitrogen and oxygen atoms in total. The monoisotopic (exact) mass is 446 g/mol. The van der Waals surface area contributed by atoms with Crippen LogP contribution in [0, 0.1) is 10.1 Å². The molecule has 0 heterocycles. The average molecular weight is 447 g/mol. The van der Waals surface area contributed by atoms with E-state index in [9.17, 15) is 28.1 Å². The standard InChI is InChI=1S/C18H14ClF3N2O6/c1-10(23-29-9-17(25)28-2)13-8-12(4-5-15(13)24(26)27)30-16-6-3-11(7-14(16)19)18(20,21)22/h3-8H,9H2,1-2H3/b23-10+. The molecule has 2 rings (SSSR count). The minimum Gasteiger partial charge on any atom is -0.466 e. The number of nitro groups is 1. The van der Waals surface area contributed by atoms with E-state index in [1.54, 1.807) is 0 Å². The predicted molar refractivity (Wildman–Crippen MR) is 99.8 cm³/mol. The van der Waals surface area contributed by atoms with Crippen LogP contribution < -0.4 is 4.74 Å². The molecule has 0 aromatic heterocycles. The van der Waals surface area contributed by atoms with Crippen LogP contribution in [-0.2, 0) is 20.5 Å². The van der Waals surface area contributed by atoms with Crippen LogP contribution in [0.4, 0.5) is 18.9 Å². The Labute approximate surface area is 172 Å². The molecule has 0 bridgehead atoms. The highest BCUT2D eigenvalue weighted by molar-refractivity contribution is 6.32. The van der Waals surface area contributed by atoms with Gasteiger partial charge in [-0.05, 0) is 37.3 Å². The SMILES string of the molecule is COC(=O)CO/N=C(\C)c1cc(Oc2ccc(C(F)(F)F)cc2Cl)ccc1[N+](=O)[O-]. The van der Waals surface area contributed by atoms with Crippen molar-refractivity contribution in [1.82, 2.24) is 0 Å². The van der Waals surface area contributed by atoms with Crippen LogP contribution in [0.25, 0.3) is 0 Å². The molecule has 12 heteroatoms. The fourth-order valence-corrected chi connectivity index (χ4v) is 2.42. The first-order valence-electron chi connectivity index (χ1n) is 8.09. The summed E-state index contributed by atoms with van der Waals surface area (Å²) in [5.41, 5.74) is -1.22. The Kier molecular flexibility index (Phi) is 7.22. The molecule has 0 saturated heterocycles. The molecule has 0 fully saturated rings. The van der Waals surface area contributed by atoms with Crippen molar-refractivity contribution in [3.05, 3.63) is 62.7 Å². The molecule has 0 spiro atoms. The van der Waals surface area contributed by atoms with E-state index >= 15 is 0 Å². The Bertz CT molecular complexity index is 994. The van der Waals surface area contributed by atoms with Gasteiger partial charge in [0.15, 0.2) is 0 Å². The van der Waals surface area contributed by atoms with Crippen LogP contribution in [-0.4, -0.2) is 30.3 Å². The molecule has 2 aromatic carbocycles. The lowest BCUT2D eigenvalue weighted by Crippen LogP contribution is -2.09. The lowest BCUT2D eigenvalue weighted by atomic mass is 10.1. The van der Waals surface area contributed by atoms with Gasteiger partial charge in [0.1, 0.15) is 11.5 Å². The van der Waals surface area contributed by atoms with Gasteiger partial charge in [-0.3, -0.25) is 10.1 Å². The summed E-state index contributed by atoms with van der Waals surface area (Å²) >= 11 is 5.86. The summed E-state index contributed by atoms with van der Waals surface area (Å²) < 4.78 is 48.1.